The molecule has 1 aromatic carbocycles. The van der Waals surface area contributed by atoms with Crippen molar-refractivity contribution in [3.63, 3.8) is 0 Å². The first kappa shape index (κ1) is 11.5. The van der Waals surface area contributed by atoms with Gasteiger partial charge in [-0.25, -0.2) is 0 Å². The van der Waals surface area contributed by atoms with Crippen molar-refractivity contribution in [2.75, 3.05) is 0 Å². The summed E-state index contributed by atoms with van der Waals surface area (Å²) in [5.41, 5.74) is 0.277. The van der Waals surface area contributed by atoms with E-state index in [9.17, 15) is 18.3 Å². The Balaban J connectivity index is 2.14. The number of hydrogen-bond donors (Lipinski definition) is 1. The lowest BCUT2D eigenvalue weighted by atomic mass is 9.96. The molecule has 1 nitrogen and oxygen atoms in total. The summed E-state index contributed by atoms with van der Waals surface area (Å²) in [7, 11) is 0. The van der Waals surface area contributed by atoms with Crippen LogP contribution in [0.3, 0.4) is 0 Å². The Morgan fingerprint density at radius 3 is 2.12 bits per heavy atom. The number of aliphatic hydroxyl groups is 1. The first-order valence-electron chi connectivity index (χ1n) is 5.32. The SMILES string of the molecule is OC1CCC(c2ccc(C(F)(F)F)cc2)C1. The highest BCUT2D eigenvalue weighted by Gasteiger charge is 2.31. The van der Waals surface area contributed by atoms with E-state index in [2.05, 4.69) is 0 Å². The Bertz CT molecular complexity index is 356. The molecule has 2 unspecified atom stereocenters. The lowest BCUT2D eigenvalue weighted by Gasteiger charge is -2.11. The van der Waals surface area contributed by atoms with Gasteiger partial charge in [0.05, 0.1) is 11.7 Å². The number of rotatable bonds is 1. The second kappa shape index (κ2) is 4.09. The molecule has 1 N–H and O–H groups in total. The zero-order chi connectivity index (χ0) is 11.8. The van der Waals surface area contributed by atoms with Crippen molar-refractivity contribution < 1.29 is 18.3 Å². The molecule has 1 aromatic rings. The van der Waals surface area contributed by atoms with E-state index in [0.717, 1.165) is 30.5 Å². The summed E-state index contributed by atoms with van der Waals surface area (Å²) in [6, 6.07) is 5.26. The maximum absolute atomic E-state index is 12.3. The average molecular weight is 230 g/mol. The van der Waals surface area contributed by atoms with Crippen LogP contribution in [0.15, 0.2) is 24.3 Å². The number of benzene rings is 1. The minimum Gasteiger partial charge on any atom is -0.393 e. The average Bonchev–Trinajstić information content (AvgIpc) is 2.64. The molecule has 1 saturated carbocycles. The van der Waals surface area contributed by atoms with Crippen LogP contribution in [0.5, 0.6) is 0 Å². The van der Waals surface area contributed by atoms with Crippen LogP contribution in [0.4, 0.5) is 13.2 Å². The molecule has 0 radical (unpaired) electrons. The van der Waals surface area contributed by atoms with E-state index in [0.29, 0.717) is 6.42 Å². The fraction of sp³-hybridized carbons (Fsp3) is 0.500. The largest absolute Gasteiger partial charge is 0.416 e. The first-order valence-corrected chi connectivity index (χ1v) is 5.32. The van der Waals surface area contributed by atoms with Gasteiger partial charge in [-0.05, 0) is 42.9 Å². The Hall–Kier alpha value is -1.03. The molecule has 0 aromatic heterocycles. The van der Waals surface area contributed by atoms with Crippen LogP contribution in [0.2, 0.25) is 0 Å². The third-order valence-corrected chi connectivity index (χ3v) is 3.11. The van der Waals surface area contributed by atoms with E-state index in [1.54, 1.807) is 0 Å². The van der Waals surface area contributed by atoms with Crippen molar-refractivity contribution in [3.8, 4) is 0 Å². The third kappa shape index (κ3) is 2.38. The van der Waals surface area contributed by atoms with Gasteiger partial charge in [0, 0.05) is 0 Å². The lowest BCUT2D eigenvalue weighted by Crippen LogP contribution is -2.05. The van der Waals surface area contributed by atoms with E-state index >= 15 is 0 Å². The lowest BCUT2D eigenvalue weighted by molar-refractivity contribution is -0.137. The van der Waals surface area contributed by atoms with E-state index in [1.807, 2.05) is 0 Å². The van der Waals surface area contributed by atoms with Crippen molar-refractivity contribution in [1.29, 1.82) is 0 Å². The van der Waals surface area contributed by atoms with E-state index in [-0.39, 0.29) is 12.0 Å². The molecule has 0 saturated heterocycles. The summed E-state index contributed by atoms with van der Waals surface area (Å²) in [5, 5.41) is 9.36. The van der Waals surface area contributed by atoms with Crippen molar-refractivity contribution in [2.24, 2.45) is 0 Å². The fourth-order valence-electron chi connectivity index (χ4n) is 2.20. The molecule has 0 aliphatic heterocycles. The minimum atomic E-state index is -4.27. The summed E-state index contributed by atoms with van der Waals surface area (Å²) in [6.45, 7) is 0. The van der Waals surface area contributed by atoms with Gasteiger partial charge in [-0.3, -0.25) is 0 Å². The fourth-order valence-corrected chi connectivity index (χ4v) is 2.20. The van der Waals surface area contributed by atoms with Crippen molar-refractivity contribution in [1.82, 2.24) is 0 Å². The third-order valence-electron chi connectivity index (χ3n) is 3.11. The van der Waals surface area contributed by atoms with Crippen LogP contribution in [0, 0.1) is 0 Å². The first-order chi connectivity index (χ1) is 7.47. The smallest absolute Gasteiger partial charge is 0.393 e. The highest BCUT2D eigenvalue weighted by Crippen LogP contribution is 2.36. The maximum Gasteiger partial charge on any atom is 0.416 e. The molecule has 2 rings (SSSR count). The Morgan fingerprint density at radius 2 is 1.69 bits per heavy atom. The monoisotopic (exact) mass is 230 g/mol. The number of alkyl halides is 3. The van der Waals surface area contributed by atoms with Crippen molar-refractivity contribution in [3.05, 3.63) is 35.4 Å². The zero-order valence-electron chi connectivity index (χ0n) is 8.67. The maximum atomic E-state index is 12.3. The standard InChI is InChI=1S/C12H13F3O/c13-12(14,15)10-4-1-8(2-5-10)9-3-6-11(16)7-9/h1-2,4-5,9,11,16H,3,6-7H2. The molecule has 2 atom stereocenters. The zero-order valence-corrected chi connectivity index (χ0v) is 8.67. The molecule has 16 heavy (non-hydrogen) atoms. The quantitative estimate of drug-likeness (QED) is 0.784. The normalized spacial score (nSPS) is 26.0. The number of aliphatic hydroxyl groups excluding tert-OH is 1. The van der Waals surface area contributed by atoms with Crippen LogP contribution in [0.1, 0.15) is 36.3 Å². The van der Waals surface area contributed by atoms with Crippen LogP contribution >= 0.6 is 0 Å². The van der Waals surface area contributed by atoms with Gasteiger partial charge in [0.1, 0.15) is 0 Å². The van der Waals surface area contributed by atoms with Gasteiger partial charge >= 0.3 is 6.18 Å². The van der Waals surface area contributed by atoms with Gasteiger partial charge in [-0.15, -0.1) is 0 Å². The summed E-state index contributed by atoms with van der Waals surface area (Å²) < 4.78 is 37.0. The molecule has 0 spiro atoms. The summed E-state index contributed by atoms with van der Waals surface area (Å²) in [4.78, 5) is 0. The van der Waals surface area contributed by atoms with Crippen LogP contribution < -0.4 is 0 Å². The topological polar surface area (TPSA) is 20.2 Å². The Labute approximate surface area is 91.9 Å². The minimum absolute atomic E-state index is 0.206. The van der Waals surface area contributed by atoms with Crippen LogP contribution in [-0.4, -0.2) is 11.2 Å². The number of hydrogen-bond acceptors (Lipinski definition) is 1. The van der Waals surface area contributed by atoms with E-state index in [1.165, 1.54) is 12.1 Å². The van der Waals surface area contributed by atoms with Crippen LogP contribution in [0.25, 0.3) is 0 Å². The molecule has 1 aliphatic rings. The highest BCUT2D eigenvalue weighted by atomic mass is 19.4. The Kier molecular flexibility index (Phi) is 2.93. The molecule has 0 amide bonds. The molecular weight excluding hydrogens is 217 g/mol. The summed E-state index contributed by atoms with van der Waals surface area (Å²) in [5.74, 6) is 0.206. The predicted molar refractivity (Wildman–Crippen MR) is 54.0 cm³/mol. The van der Waals surface area contributed by atoms with Gasteiger partial charge in [0.25, 0.3) is 0 Å². The van der Waals surface area contributed by atoms with Gasteiger partial charge < -0.3 is 5.11 Å². The second-order valence-electron chi connectivity index (χ2n) is 4.28. The highest BCUT2D eigenvalue weighted by molar-refractivity contribution is 5.27. The molecule has 1 fully saturated rings. The summed E-state index contributed by atoms with van der Waals surface area (Å²) >= 11 is 0. The van der Waals surface area contributed by atoms with Crippen molar-refractivity contribution >= 4 is 0 Å². The van der Waals surface area contributed by atoms with Crippen LogP contribution in [-0.2, 0) is 6.18 Å². The molecule has 1 aliphatic carbocycles. The molecule has 4 heteroatoms. The van der Waals surface area contributed by atoms with Gasteiger partial charge in [-0.1, -0.05) is 12.1 Å². The molecule has 0 bridgehead atoms. The van der Waals surface area contributed by atoms with Gasteiger partial charge in [0.2, 0.25) is 0 Å². The second-order valence-corrected chi connectivity index (χ2v) is 4.28. The molecule has 88 valence electrons. The summed E-state index contributed by atoms with van der Waals surface area (Å²) in [6.07, 6.45) is -2.32. The van der Waals surface area contributed by atoms with E-state index < -0.39 is 11.7 Å². The molecule has 0 heterocycles. The van der Waals surface area contributed by atoms with Gasteiger partial charge in [-0.2, -0.15) is 13.2 Å². The number of halogens is 3. The Morgan fingerprint density at radius 1 is 1.06 bits per heavy atom. The molecular formula is C12H13F3O. The van der Waals surface area contributed by atoms with E-state index in [4.69, 9.17) is 0 Å². The van der Waals surface area contributed by atoms with Gasteiger partial charge in [0.15, 0.2) is 0 Å². The van der Waals surface area contributed by atoms with Crippen molar-refractivity contribution in [2.45, 2.75) is 37.5 Å². The predicted octanol–water partition coefficient (Wildman–Crippen LogP) is 3.33.